The number of benzene rings is 1. The van der Waals surface area contributed by atoms with E-state index in [1.807, 2.05) is 6.07 Å². The van der Waals surface area contributed by atoms with Crippen molar-refractivity contribution in [3.8, 4) is 0 Å². The van der Waals surface area contributed by atoms with Gasteiger partial charge in [0.2, 0.25) is 5.95 Å². The highest BCUT2D eigenvalue weighted by Gasteiger charge is 2.54. The van der Waals surface area contributed by atoms with Crippen molar-refractivity contribution in [3.05, 3.63) is 52.6 Å². The van der Waals surface area contributed by atoms with Crippen LogP contribution in [0.15, 0.2) is 41.5 Å². The number of nitrogen functional groups attached to an aromatic ring is 1. The molecule has 0 spiro atoms. The second-order valence-electron chi connectivity index (χ2n) is 8.02. The molecule has 0 bridgehead atoms. The third kappa shape index (κ3) is 4.96. The second kappa shape index (κ2) is 8.89. The highest BCUT2D eigenvalue weighted by atomic mass is 31.2. The fourth-order valence-electron chi connectivity index (χ4n) is 4.05. The Morgan fingerprint density at radius 3 is 2.54 bits per heavy atom. The number of nitrogens with two attached hydrogens (primary N) is 1. The summed E-state index contributed by atoms with van der Waals surface area (Å²) < 4.78 is 47.9. The Hall–Kier alpha value is -2.45. The van der Waals surface area contributed by atoms with E-state index in [4.69, 9.17) is 34.3 Å². The van der Waals surface area contributed by atoms with Gasteiger partial charge in [-0.05, 0) is 0 Å². The van der Waals surface area contributed by atoms with E-state index in [-0.39, 0.29) is 17.1 Å². The van der Waals surface area contributed by atoms with Crippen LogP contribution in [-0.4, -0.2) is 65.0 Å². The van der Waals surface area contributed by atoms with E-state index in [9.17, 15) is 18.8 Å². The van der Waals surface area contributed by atoms with E-state index in [0.29, 0.717) is 5.56 Å². The van der Waals surface area contributed by atoms with Crippen molar-refractivity contribution >= 4 is 32.3 Å². The lowest BCUT2D eigenvalue weighted by Gasteiger charge is -2.22. The highest BCUT2D eigenvalue weighted by Crippen LogP contribution is 2.56. The number of anilines is 1. The molecule has 0 amide bonds. The van der Waals surface area contributed by atoms with Gasteiger partial charge >= 0.3 is 15.2 Å². The Balaban J connectivity index is 1.45. The largest absolute Gasteiger partial charge is 0.369 e. The van der Waals surface area contributed by atoms with Crippen LogP contribution < -0.4 is 11.3 Å². The molecule has 17 heteroatoms. The van der Waals surface area contributed by atoms with Crippen LogP contribution in [0.2, 0.25) is 0 Å². The van der Waals surface area contributed by atoms with E-state index < -0.39 is 64.1 Å². The fourth-order valence-corrected chi connectivity index (χ4v) is 6.62. The van der Waals surface area contributed by atoms with Gasteiger partial charge in [0.25, 0.3) is 5.56 Å². The Labute approximate surface area is 196 Å². The smallest absolute Gasteiger partial charge is 0.340 e. The first kappa shape index (κ1) is 24.3. The van der Waals surface area contributed by atoms with Crippen molar-refractivity contribution in [1.82, 2.24) is 19.5 Å². The molecular weight excluding hydrogens is 508 g/mol. The van der Waals surface area contributed by atoms with Gasteiger partial charge in [0.05, 0.1) is 12.9 Å². The van der Waals surface area contributed by atoms with Crippen molar-refractivity contribution in [3.63, 3.8) is 0 Å². The highest BCUT2D eigenvalue weighted by molar-refractivity contribution is 7.70. The number of aromatic amines is 1. The Morgan fingerprint density at radius 1 is 1.11 bits per heavy atom. The lowest BCUT2D eigenvalue weighted by atomic mass is 10.1. The molecule has 2 saturated heterocycles. The molecule has 4 heterocycles. The molecule has 2 aliphatic rings. The number of imidazole rings is 1. The number of hydrogen-bond donors (Lipinski definition) is 5. The van der Waals surface area contributed by atoms with E-state index in [2.05, 4.69) is 15.0 Å². The summed E-state index contributed by atoms with van der Waals surface area (Å²) in [6, 6.07) is 9.02. The van der Waals surface area contributed by atoms with Gasteiger partial charge in [-0.15, -0.1) is 0 Å². The van der Waals surface area contributed by atoms with Crippen LogP contribution >= 0.6 is 15.2 Å². The topological polar surface area (TPSA) is 221 Å². The summed E-state index contributed by atoms with van der Waals surface area (Å²) in [5, 5.41) is 0. The molecular formula is C18H21N5O10P2. The number of fused-ring (bicyclic) bond motifs is 2. The number of aromatic nitrogens is 4. The van der Waals surface area contributed by atoms with Crippen LogP contribution in [0.3, 0.4) is 0 Å². The van der Waals surface area contributed by atoms with Gasteiger partial charge in [-0.2, -0.15) is 4.98 Å². The summed E-state index contributed by atoms with van der Waals surface area (Å²) in [6.45, 7) is -0.529. The van der Waals surface area contributed by atoms with Gasteiger partial charge in [-0.3, -0.25) is 23.5 Å². The van der Waals surface area contributed by atoms with Crippen molar-refractivity contribution in [2.75, 3.05) is 18.2 Å². The van der Waals surface area contributed by atoms with Crippen LogP contribution in [0.25, 0.3) is 11.2 Å². The quantitative estimate of drug-likeness (QED) is 0.262. The number of nitrogens with zero attached hydrogens (tertiary/aromatic N) is 3. The van der Waals surface area contributed by atoms with Gasteiger partial charge in [-0.1, -0.05) is 30.3 Å². The summed E-state index contributed by atoms with van der Waals surface area (Å²) in [5.74, 6) is -1.48. The first-order chi connectivity index (χ1) is 16.5. The molecule has 2 aliphatic heterocycles. The number of rotatable bonds is 7. The van der Waals surface area contributed by atoms with Gasteiger partial charge in [-0.25, -0.2) is 4.98 Å². The first-order valence-corrected chi connectivity index (χ1v) is 13.8. The summed E-state index contributed by atoms with van der Waals surface area (Å²) >= 11 is 0. The SMILES string of the molecule is Nc1nc2c(ncn2C2OC(COP(=O)(O)CP(=O)(O)O)C3OC(c4ccccc4)OC32)c(=O)[nH]1. The van der Waals surface area contributed by atoms with Gasteiger partial charge in [0.1, 0.15) is 18.3 Å². The van der Waals surface area contributed by atoms with Crippen LogP contribution in [0.4, 0.5) is 5.95 Å². The normalized spacial score (nSPS) is 28.3. The molecule has 2 fully saturated rings. The minimum atomic E-state index is -4.81. The second-order valence-corrected chi connectivity index (χ2v) is 12.0. The fraction of sp³-hybridized carbons (Fsp3) is 0.389. The average Bonchev–Trinajstić information content (AvgIpc) is 3.45. The van der Waals surface area contributed by atoms with Crippen molar-refractivity contribution < 1.29 is 42.5 Å². The molecule has 0 aliphatic carbocycles. The zero-order valence-corrected chi connectivity index (χ0v) is 19.6. The molecule has 3 aromatic rings. The number of nitrogens with one attached hydrogen (secondary N) is 1. The lowest BCUT2D eigenvalue weighted by molar-refractivity contribution is -0.152. The van der Waals surface area contributed by atoms with E-state index in [1.165, 1.54) is 10.9 Å². The third-order valence-electron chi connectivity index (χ3n) is 5.45. The first-order valence-electron chi connectivity index (χ1n) is 10.3. The minimum absolute atomic E-state index is 0.0130. The van der Waals surface area contributed by atoms with Crippen molar-refractivity contribution in [2.24, 2.45) is 0 Å². The summed E-state index contributed by atoms with van der Waals surface area (Å²) in [4.78, 5) is 50.7. The molecule has 5 rings (SSSR count). The molecule has 2 aromatic heterocycles. The van der Waals surface area contributed by atoms with E-state index in [1.54, 1.807) is 24.3 Å². The molecule has 6 unspecified atom stereocenters. The van der Waals surface area contributed by atoms with Crippen LogP contribution in [0.5, 0.6) is 0 Å². The Kier molecular flexibility index (Phi) is 6.16. The Bertz CT molecular complexity index is 1390. The zero-order chi connectivity index (χ0) is 25.0. The molecule has 6 N–H and O–H groups in total. The standard InChI is InChI=1S/C18H21N5O10P2/c19-18-21-14-11(15(24)22-18)20-7-23(14)16-13-12(32-17(33-13)9-4-2-1-3-5-9)10(31-16)6-30-35(28,29)8-34(25,26)27/h1-5,7,10,12-13,16-17H,6,8H2,(H,28,29)(H2,25,26,27)(H3,19,21,22,24). The van der Waals surface area contributed by atoms with Gasteiger partial charge in [0.15, 0.2) is 29.6 Å². The van der Waals surface area contributed by atoms with Crippen molar-refractivity contribution in [2.45, 2.75) is 30.8 Å². The molecule has 15 nitrogen and oxygen atoms in total. The third-order valence-corrected chi connectivity index (χ3v) is 8.90. The van der Waals surface area contributed by atoms with E-state index in [0.717, 1.165) is 0 Å². The van der Waals surface area contributed by atoms with E-state index >= 15 is 0 Å². The summed E-state index contributed by atoms with van der Waals surface area (Å²) in [6.07, 6.45) is -2.99. The van der Waals surface area contributed by atoms with Crippen LogP contribution in [0.1, 0.15) is 18.1 Å². The van der Waals surface area contributed by atoms with Gasteiger partial charge in [0, 0.05) is 5.56 Å². The Morgan fingerprint density at radius 2 is 1.83 bits per heavy atom. The van der Waals surface area contributed by atoms with Gasteiger partial charge < -0.3 is 39.1 Å². The molecule has 188 valence electrons. The minimum Gasteiger partial charge on any atom is -0.369 e. The predicted octanol–water partition coefficient (Wildman–Crippen LogP) is 0.419. The summed E-state index contributed by atoms with van der Waals surface area (Å²) in [7, 11) is -9.45. The maximum absolute atomic E-state index is 12.2. The van der Waals surface area contributed by atoms with Crippen LogP contribution in [0, 0.1) is 0 Å². The number of ether oxygens (including phenoxy) is 3. The molecule has 1 aromatic carbocycles. The van der Waals surface area contributed by atoms with Crippen molar-refractivity contribution in [1.29, 1.82) is 0 Å². The summed E-state index contributed by atoms with van der Waals surface area (Å²) in [5.41, 5.74) is 5.98. The monoisotopic (exact) mass is 529 g/mol. The average molecular weight is 529 g/mol. The molecule has 35 heavy (non-hydrogen) atoms. The maximum atomic E-state index is 12.2. The predicted molar refractivity (Wildman–Crippen MR) is 118 cm³/mol. The molecule has 0 saturated carbocycles. The number of H-pyrrole nitrogens is 1. The zero-order valence-electron chi connectivity index (χ0n) is 17.8. The molecule has 6 atom stereocenters. The number of hydrogen-bond acceptors (Lipinski definition) is 10. The molecule has 0 radical (unpaired) electrons. The maximum Gasteiger partial charge on any atom is 0.340 e. The lowest BCUT2D eigenvalue weighted by Crippen LogP contribution is -2.31. The van der Waals surface area contributed by atoms with Crippen LogP contribution in [-0.2, 0) is 27.9 Å².